The second-order valence-corrected chi connectivity index (χ2v) is 20.9. The molecule has 416 valence electrons. The molecule has 23 heteroatoms. The molecule has 0 spiro atoms. The van der Waals surface area contributed by atoms with Crippen molar-refractivity contribution in [2.24, 2.45) is 5.92 Å². The van der Waals surface area contributed by atoms with Crippen LogP contribution in [0.15, 0.2) is 85.6 Å². The Balaban J connectivity index is 0.608. The minimum Gasteiger partial charge on any atom is -0.384 e. The molecule has 1 atom stereocenters. The summed E-state index contributed by atoms with van der Waals surface area (Å²) in [5.41, 5.74) is 11.3. The van der Waals surface area contributed by atoms with E-state index in [0.29, 0.717) is 136 Å². The summed E-state index contributed by atoms with van der Waals surface area (Å²) in [5, 5.41) is 10.0. The third-order valence-electron chi connectivity index (χ3n) is 15.7. The van der Waals surface area contributed by atoms with E-state index >= 15 is 8.78 Å². The molecule has 21 nitrogen and oxygen atoms in total. The van der Waals surface area contributed by atoms with Gasteiger partial charge in [0.05, 0.1) is 46.9 Å². The number of rotatable bonds is 15. The number of fused-ring (bicyclic) bond motifs is 2. The number of halogens is 2. The summed E-state index contributed by atoms with van der Waals surface area (Å²) < 4.78 is 35.4. The van der Waals surface area contributed by atoms with Gasteiger partial charge in [0.2, 0.25) is 24.2 Å². The second-order valence-electron chi connectivity index (χ2n) is 20.9. The first-order valence-electron chi connectivity index (χ1n) is 27.2. The number of hydrogen-bond acceptors (Lipinski definition) is 16. The number of pyridine rings is 2. The van der Waals surface area contributed by atoms with Crippen molar-refractivity contribution < 1.29 is 32.8 Å². The molecule has 3 saturated heterocycles. The molecule has 0 radical (unpaired) electrons. The third kappa shape index (κ3) is 11.4. The molecule has 3 fully saturated rings. The van der Waals surface area contributed by atoms with Crippen molar-refractivity contribution in [1.29, 1.82) is 0 Å². The van der Waals surface area contributed by atoms with Crippen molar-refractivity contribution in [1.82, 2.24) is 59.3 Å². The molecular weight excluding hydrogens is 1040 g/mol. The lowest BCUT2D eigenvalue weighted by Gasteiger charge is -2.37. The van der Waals surface area contributed by atoms with Gasteiger partial charge in [-0.25, -0.2) is 33.7 Å². The Morgan fingerprint density at radius 3 is 2.35 bits per heavy atom. The molecule has 0 bridgehead atoms. The van der Waals surface area contributed by atoms with Crippen molar-refractivity contribution in [3.05, 3.63) is 125 Å². The van der Waals surface area contributed by atoms with E-state index in [-0.39, 0.29) is 47.6 Å². The van der Waals surface area contributed by atoms with Crippen LogP contribution in [0.25, 0.3) is 28.1 Å². The van der Waals surface area contributed by atoms with Crippen LogP contribution in [-0.4, -0.2) is 149 Å². The lowest BCUT2D eigenvalue weighted by atomic mass is 9.94. The van der Waals surface area contributed by atoms with Crippen LogP contribution in [0.5, 0.6) is 0 Å². The monoisotopic (exact) mass is 1100 g/mol. The van der Waals surface area contributed by atoms with Crippen molar-refractivity contribution in [2.75, 3.05) is 79.8 Å². The number of nitrogen functional groups attached to an aromatic ring is 1. The SMILES string of the molecule is Cc1nc2ccc(-c3ccnc(N)c3)nc2n1-c1cc(F)c(N2CCN(CC#Cc3cnc(N4CCC(C(=O)N5CCC(n6cc(CNc7cccc8c7C(=O)N(C(C)CCC(=O)NC=O)C8=O)cn6)CC5)CC4)nc3)CC2)c(F)c1. The maximum absolute atomic E-state index is 15.9. The number of nitrogens with one attached hydrogen (secondary N) is 2. The van der Waals surface area contributed by atoms with Crippen molar-refractivity contribution in [3.8, 4) is 28.8 Å². The molecule has 4 aliphatic rings. The topological polar surface area (TPSA) is 239 Å². The summed E-state index contributed by atoms with van der Waals surface area (Å²) in [5.74, 6) is 5.29. The molecule has 9 heterocycles. The number of amides is 5. The van der Waals surface area contributed by atoms with Gasteiger partial charge in [0, 0.05) is 131 Å². The summed E-state index contributed by atoms with van der Waals surface area (Å²) in [4.78, 5) is 94.7. The number of aromatic nitrogens is 8. The number of piperidine rings is 2. The number of likely N-dealkylation sites (tertiary alicyclic amines) is 1. The zero-order valence-electron chi connectivity index (χ0n) is 44.9. The second kappa shape index (κ2) is 23.3. The molecule has 4 N–H and O–H groups in total. The average Bonchev–Trinajstić information content (AvgIpc) is 4.20. The number of benzene rings is 2. The average molecular weight is 1100 g/mol. The highest BCUT2D eigenvalue weighted by atomic mass is 19.1. The normalized spacial score (nSPS) is 16.6. The summed E-state index contributed by atoms with van der Waals surface area (Å²) in [6.07, 6.45) is 12.2. The number of imidazole rings is 1. The maximum atomic E-state index is 15.9. The van der Waals surface area contributed by atoms with Crippen LogP contribution in [0.1, 0.15) is 89.2 Å². The van der Waals surface area contributed by atoms with Crippen molar-refractivity contribution in [3.63, 3.8) is 0 Å². The fourth-order valence-electron chi connectivity index (χ4n) is 11.3. The minimum absolute atomic E-state index is 0.00585. The zero-order chi connectivity index (χ0) is 56.3. The molecular formula is C58H60F2N16O5. The smallest absolute Gasteiger partial charge is 0.263 e. The van der Waals surface area contributed by atoms with Gasteiger partial charge < -0.3 is 25.8 Å². The van der Waals surface area contributed by atoms with Gasteiger partial charge in [-0.2, -0.15) is 5.10 Å². The van der Waals surface area contributed by atoms with Crippen LogP contribution < -0.4 is 26.2 Å². The van der Waals surface area contributed by atoms with Gasteiger partial charge in [-0.05, 0) is 82.3 Å². The fourth-order valence-corrected chi connectivity index (χ4v) is 11.3. The number of hydrogen-bond donors (Lipinski definition) is 3. The maximum Gasteiger partial charge on any atom is 0.263 e. The Bertz CT molecular complexity index is 3590. The molecule has 2 aromatic carbocycles. The molecule has 1 unspecified atom stereocenters. The number of piperazine rings is 1. The summed E-state index contributed by atoms with van der Waals surface area (Å²) >= 11 is 0. The first-order chi connectivity index (χ1) is 39.3. The molecule has 4 aliphatic heterocycles. The summed E-state index contributed by atoms with van der Waals surface area (Å²) in [7, 11) is 0. The van der Waals surface area contributed by atoms with Gasteiger partial charge >= 0.3 is 0 Å². The highest BCUT2D eigenvalue weighted by Gasteiger charge is 2.40. The predicted molar refractivity (Wildman–Crippen MR) is 298 cm³/mol. The van der Waals surface area contributed by atoms with E-state index in [1.807, 2.05) is 27.9 Å². The number of imide groups is 2. The Hall–Kier alpha value is -9.17. The molecule has 0 saturated carbocycles. The number of nitrogens with zero attached hydrogens (tertiary/aromatic N) is 13. The lowest BCUT2D eigenvalue weighted by Crippen LogP contribution is -2.47. The lowest BCUT2D eigenvalue weighted by molar-refractivity contribution is -0.137. The largest absolute Gasteiger partial charge is 0.384 e. The van der Waals surface area contributed by atoms with E-state index in [4.69, 9.17) is 10.7 Å². The predicted octanol–water partition coefficient (Wildman–Crippen LogP) is 5.54. The van der Waals surface area contributed by atoms with Crippen LogP contribution in [0, 0.1) is 36.3 Å². The van der Waals surface area contributed by atoms with Gasteiger partial charge in [-0.1, -0.05) is 17.9 Å². The van der Waals surface area contributed by atoms with Crippen LogP contribution in [-0.2, 0) is 20.9 Å². The van der Waals surface area contributed by atoms with E-state index in [1.54, 1.807) is 78.4 Å². The fraction of sp³-hybridized carbons (Fsp3) is 0.362. The Morgan fingerprint density at radius 1 is 0.864 bits per heavy atom. The van der Waals surface area contributed by atoms with Crippen molar-refractivity contribution in [2.45, 2.75) is 71.0 Å². The van der Waals surface area contributed by atoms with Gasteiger partial charge in [0.1, 0.15) is 22.8 Å². The molecule has 0 aliphatic carbocycles. The van der Waals surface area contributed by atoms with Crippen LogP contribution >= 0.6 is 0 Å². The molecule has 7 aromatic rings. The Kier molecular flexibility index (Phi) is 15.5. The van der Waals surface area contributed by atoms with Crippen LogP contribution in [0.3, 0.4) is 0 Å². The van der Waals surface area contributed by atoms with Gasteiger partial charge in [-0.3, -0.25) is 48.3 Å². The number of carbonyl (C=O) groups excluding carboxylic acids is 5. The van der Waals surface area contributed by atoms with Gasteiger partial charge in [0.25, 0.3) is 11.8 Å². The highest BCUT2D eigenvalue weighted by molar-refractivity contribution is 6.24. The highest BCUT2D eigenvalue weighted by Crippen LogP contribution is 2.34. The van der Waals surface area contributed by atoms with E-state index in [1.165, 1.54) is 17.0 Å². The van der Waals surface area contributed by atoms with Crippen LogP contribution in [0.2, 0.25) is 0 Å². The van der Waals surface area contributed by atoms with E-state index in [0.717, 1.165) is 24.0 Å². The summed E-state index contributed by atoms with van der Waals surface area (Å²) in [6, 6.07) is 14.5. The number of aryl methyl sites for hydroxylation is 1. The number of nitrogens with two attached hydrogens (primary N) is 1. The zero-order valence-corrected chi connectivity index (χ0v) is 44.9. The Labute approximate surface area is 465 Å². The van der Waals surface area contributed by atoms with E-state index in [9.17, 15) is 24.0 Å². The molecule has 81 heavy (non-hydrogen) atoms. The molecule has 11 rings (SSSR count). The third-order valence-corrected chi connectivity index (χ3v) is 15.7. The Morgan fingerprint density at radius 2 is 1.62 bits per heavy atom. The number of anilines is 4. The molecule has 5 aromatic heterocycles. The van der Waals surface area contributed by atoms with Crippen molar-refractivity contribution >= 4 is 64.3 Å². The first kappa shape index (κ1) is 53.8. The van der Waals surface area contributed by atoms with Gasteiger partial charge in [0.15, 0.2) is 17.3 Å². The quantitative estimate of drug-likeness (QED) is 0.0649. The summed E-state index contributed by atoms with van der Waals surface area (Å²) in [6.45, 7) is 8.88. The minimum atomic E-state index is -0.668. The van der Waals surface area contributed by atoms with Gasteiger partial charge in [-0.15, -0.1) is 0 Å². The molecule has 5 amide bonds. The van der Waals surface area contributed by atoms with Crippen LogP contribution in [0.4, 0.5) is 31.9 Å². The van der Waals surface area contributed by atoms with E-state index < -0.39 is 35.4 Å². The standard InChI is InChI=1S/C58H60F2N16O5/c1-36(8-11-51(78)66-35-77)75-56(80)44-6-3-7-48(52(44)57(75)81)63-32-39-33-67-74(34-39)42-15-21-72(22-16-42)55(79)40-13-19-73(20-14-40)58-64-30-38(31-65-58)5-4-18-70-23-25-71(26-24-70)53-45(59)28-43(29-46(53)60)76-37(2)68-49-10-9-47(69-54(49)76)41-12-17-62-50(61)27-41/h3,6-7,9-10,12,17,27-31,33-36,40,42,63H,8,11,13-16,18-26,32H2,1-2H3,(H2,61,62)(H,66,77,78). The first-order valence-corrected chi connectivity index (χ1v) is 27.2. The van der Waals surface area contributed by atoms with E-state index in [2.05, 4.69) is 57.3 Å². The number of carbonyl (C=O) groups is 5.